The lowest BCUT2D eigenvalue weighted by atomic mass is 10.0. The van der Waals surface area contributed by atoms with Gasteiger partial charge in [-0.1, -0.05) is 6.08 Å². The maximum Gasteiger partial charge on any atom is 0.347 e. The lowest BCUT2D eigenvalue weighted by Gasteiger charge is -2.16. The van der Waals surface area contributed by atoms with E-state index in [4.69, 9.17) is 9.47 Å². The minimum atomic E-state index is -0.584. The molecule has 3 rings (SSSR count). The van der Waals surface area contributed by atoms with Gasteiger partial charge in [-0.15, -0.1) is 0 Å². The largest absolute Gasteiger partial charge is 0.508 e. The third-order valence-electron chi connectivity index (χ3n) is 4.21. The minimum Gasteiger partial charge on any atom is -0.508 e. The number of fused-ring (bicyclic) bond motifs is 2. The van der Waals surface area contributed by atoms with Crippen LogP contribution in [0.5, 0.6) is 28.7 Å². The van der Waals surface area contributed by atoms with E-state index in [1.165, 1.54) is 12.1 Å². The van der Waals surface area contributed by atoms with Crippen LogP contribution in [-0.4, -0.2) is 16.2 Å². The molecule has 2 N–H and O–H groups in total. The Hall–Kier alpha value is -2.95. The van der Waals surface area contributed by atoms with Crippen LogP contribution < -0.4 is 9.47 Å². The van der Waals surface area contributed by atoms with Crippen molar-refractivity contribution in [3.05, 3.63) is 46.5 Å². The van der Waals surface area contributed by atoms with Crippen molar-refractivity contribution in [1.82, 2.24) is 0 Å². The molecule has 124 valence electrons. The van der Waals surface area contributed by atoms with Gasteiger partial charge in [0.25, 0.3) is 0 Å². The summed E-state index contributed by atoms with van der Waals surface area (Å²) >= 11 is 0. The molecule has 2 aromatic rings. The van der Waals surface area contributed by atoms with Crippen LogP contribution >= 0.6 is 0 Å². The summed E-state index contributed by atoms with van der Waals surface area (Å²) in [6.45, 7) is 7.09. The predicted molar refractivity (Wildman–Crippen MR) is 90.0 cm³/mol. The van der Waals surface area contributed by atoms with Gasteiger partial charge in [0.05, 0.1) is 0 Å². The second-order valence-electron chi connectivity index (χ2n) is 5.83. The molecule has 24 heavy (non-hydrogen) atoms. The van der Waals surface area contributed by atoms with Crippen molar-refractivity contribution >= 4 is 11.5 Å². The third kappa shape index (κ3) is 2.38. The molecule has 0 spiro atoms. The van der Waals surface area contributed by atoms with Crippen molar-refractivity contribution < 1.29 is 24.5 Å². The summed E-state index contributed by atoms with van der Waals surface area (Å²) in [5.74, 6) is 0.198. The first-order valence-electron chi connectivity index (χ1n) is 7.57. The Morgan fingerprint density at radius 3 is 2.46 bits per heavy atom. The lowest BCUT2D eigenvalue weighted by molar-refractivity contribution is 0.0735. The molecule has 0 unspecified atom stereocenters. The number of esters is 1. The topological polar surface area (TPSA) is 76.0 Å². The summed E-state index contributed by atoms with van der Waals surface area (Å²) in [6.07, 6.45) is 1.87. The number of phenols is 2. The maximum absolute atomic E-state index is 12.5. The minimum absolute atomic E-state index is 0.00214. The number of carbonyl (C=O) groups is 1. The molecule has 0 fully saturated rings. The van der Waals surface area contributed by atoms with Crippen LogP contribution in [-0.2, 0) is 0 Å². The second-order valence-corrected chi connectivity index (χ2v) is 5.83. The summed E-state index contributed by atoms with van der Waals surface area (Å²) in [4.78, 5) is 12.5. The van der Waals surface area contributed by atoms with E-state index < -0.39 is 5.97 Å². The van der Waals surface area contributed by atoms with Crippen LogP contribution in [0.25, 0.3) is 5.57 Å². The number of carbonyl (C=O) groups excluding carboxylic acids is 1. The normalized spacial score (nSPS) is 13.5. The van der Waals surface area contributed by atoms with E-state index in [-0.39, 0.29) is 28.6 Å². The second kappa shape index (κ2) is 5.60. The Kier molecular flexibility index (Phi) is 3.72. The number of aryl methyl sites for hydroxylation is 1. The number of rotatable bonds is 1. The zero-order valence-corrected chi connectivity index (χ0v) is 13.9. The molecule has 5 heteroatoms. The third-order valence-corrected chi connectivity index (χ3v) is 4.21. The Balaban J connectivity index is 2.34. The summed E-state index contributed by atoms with van der Waals surface area (Å²) in [5, 5.41) is 20.0. The monoisotopic (exact) mass is 326 g/mol. The van der Waals surface area contributed by atoms with Crippen LogP contribution in [0.15, 0.2) is 24.3 Å². The average Bonchev–Trinajstić information content (AvgIpc) is 2.66. The van der Waals surface area contributed by atoms with Gasteiger partial charge in [-0.3, -0.25) is 0 Å². The van der Waals surface area contributed by atoms with Gasteiger partial charge >= 0.3 is 5.97 Å². The van der Waals surface area contributed by atoms with Crippen molar-refractivity contribution in [2.75, 3.05) is 0 Å². The van der Waals surface area contributed by atoms with E-state index in [9.17, 15) is 15.0 Å². The summed E-state index contributed by atoms with van der Waals surface area (Å²) in [5.41, 5.74) is 2.71. The van der Waals surface area contributed by atoms with E-state index in [0.717, 1.165) is 5.57 Å². The van der Waals surface area contributed by atoms with Crippen molar-refractivity contribution in [2.45, 2.75) is 27.7 Å². The summed E-state index contributed by atoms with van der Waals surface area (Å²) in [6, 6.07) is 4.44. The van der Waals surface area contributed by atoms with Crippen LogP contribution in [0.2, 0.25) is 0 Å². The first-order valence-corrected chi connectivity index (χ1v) is 7.57. The quantitative estimate of drug-likeness (QED) is 0.597. The number of hydrogen-bond acceptors (Lipinski definition) is 5. The Morgan fingerprint density at radius 2 is 1.79 bits per heavy atom. The molecule has 0 aromatic heterocycles. The summed E-state index contributed by atoms with van der Waals surface area (Å²) in [7, 11) is 0. The molecule has 0 saturated carbocycles. The van der Waals surface area contributed by atoms with E-state index in [0.29, 0.717) is 22.4 Å². The first-order chi connectivity index (χ1) is 11.3. The van der Waals surface area contributed by atoms with Gasteiger partial charge in [0, 0.05) is 17.2 Å². The molecular weight excluding hydrogens is 308 g/mol. The highest BCUT2D eigenvalue weighted by molar-refractivity contribution is 5.98. The van der Waals surface area contributed by atoms with Gasteiger partial charge in [0.2, 0.25) is 0 Å². The van der Waals surface area contributed by atoms with Crippen molar-refractivity contribution in [3.63, 3.8) is 0 Å². The van der Waals surface area contributed by atoms with Gasteiger partial charge in [-0.2, -0.15) is 0 Å². The van der Waals surface area contributed by atoms with Crippen molar-refractivity contribution in [1.29, 1.82) is 0 Å². The summed E-state index contributed by atoms with van der Waals surface area (Å²) < 4.78 is 11.5. The zero-order valence-electron chi connectivity index (χ0n) is 13.9. The van der Waals surface area contributed by atoms with E-state index >= 15 is 0 Å². The number of hydrogen-bond donors (Lipinski definition) is 2. The number of phenolic OH excluding ortho intramolecular Hbond substituents is 2. The van der Waals surface area contributed by atoms with E-state index in [2.05, 4.69) is 0 Å². The number of ether oxygens (including phenoxy) is 2. The van der Waals surface area contributed by atoms with Gasteiger partial charge in [-0.05, 0) is 51.0 Å². The molecular formula is C19H18O5. The van der Waals surface area contributed by atoms with E-state index in [1.54, 1.807) is 19.9 Å². The smallest absolute Gasteiger partial charge is 0.347 e. The number of benzene rings is 2. The van der Waals surface area contributed by atoms with E-state index in [1.807, 2.05) is 19.9 Å². The molecule has 0 saturated heterocycles. The number of allylic oxidation sites excluding steroid dienone is 2. The van der Waals surface area contributed by atoms with Crippen molar-refractivity contribution in [3.8, 4) is 28.7 Å². The van der Waals surface area contributed by atoms with Gasteiger partial charge < -0.3 is 19.7 Å². The predicted octanol–water partition coefficient (Wildman–Crippen LogP) is 4.46. The molecule has 2 aromatic carbocycles. The van der Waals surface area contributed by atoms with Gasteiger partial charge in [0.1, 0.15) is 22.8 Å². The first kappa shape index (κ1) is 15.9. The Bertz CT molecular complexity index is 893. The SMILES string of the molecule is CC=C(C)c1cc(O)c(C)c2c1Oc1cc(O)cc(C)c1C(=O)O2. The highest BCUT2D eigenvalue weighted by atomic mass is 16.6. The average molecular weight is 326 g/mol. The van der Waals surface area contributed by atoms with Crippen LogP contribution in [0.1, 0.15) is 40.9 Å². The highest BCUT2D eigenvalue weighted by Crippen LogP contribution is 2.48. The van der Waals surface area contributed by atoms with Crippen LogP contribution in [0, 0.1) is 13.8 Å². The van der Waals surface area contributed by atoms with Crippen LogP contribution in [0.3, 0.4) is 0 Å². The fraction of sp³-hybridized carbons (Fsp3) is 0.211. The van der Waals surface area contributed by atoms with Crippen molar-refractivity contribution in [2.24, 2.45) is 0 Å². The Labute approximate surface area is 139 Å². The number of aromatic hydroxyl groups is 2. The standard InChI is InChI=1S/C19H18O5/c1-5-9(2)13-8-14(21)11(4)17-18(13)23-15-7-12(20)6-10(3)16(15)19(22)24-17/h5-8,20-21H,1-4H3. The Morgan fingerprint density at radius 1 is 1.08 bits per heavy atom. The molecule has 5 nitrogen and oxygen atoms in total. The van der Waals surface area contributed by atoms with Gasteiger partial charge in [0.15, 0.2) is 11.5 Å². The molecule has 0 aliphatic carbocycles. The maximum atomic E-state index is 12.5. The van der Waals surface area contributed by atoms with Gasteiger partial charge in [-0.25, -0.2) is 4.79 Å². The molecule has 1 heterocycles. The molecule has 0 atom stereocenters. The fourth-order valence-corrected chi connectivity index (χ4v) is 2.72. The fourth-order valence-electron chi connectivity index (χ4n) is 2.72. The highest BCUT2D eigenvalue weighted by Gasteiger charge is 2.30. The molecule has 1 aliphatic rings. The zero-order chi connectivity index (χ0) is 17.6. The molecule has 0 radical (unpaired) electrons. The van der Waals surface area contributed by atoms with Crippen LogP contribution in [0.4, 0.5) is 0 Å². The lowest BCUT2D eigenvalue weighted by Crippen LogP contribution is -2.09. The molecule has 0 amide bonds. The molecule has 1 aliphatic heterocycles. The molecule has 0 bridgehead atoms.